The summed E-state index contributed by atoms with van der Waals surface area (Å²) in [5.41, 5.74) is 1.59. The van der Waals surface area contributed by atoms with Gasteiger partial charge in [-0.15, -0.1) is 0 Å². The molecule has 0 amide bonds. The second kappa shape index (κ2) is 1.91. The molecule has 0 spiro atoms. The van der Waals surface area contributed by atoms with Crippen molar-refractivity contribution in [3.63, 3.8) is 0 Å². The molecule has 0 radical (unpaired) electrons. The lowest BCUT2D eigenvalue weighted by Crippen LogP contribution is -2.56. The molecule has 0 aromatic carbocycles. The fourth-order valence-corrected chi connectivity index (χ4v) is 5.29. The molecule has 0 bridgehead atoms. The Hall–Kier alpha value is 0. The molecule has 0 heteroatoms. The van der Waals surface area contributed by atoms with E-state index in [-0.39, 0.29) is 0 Å². The molecular weight excluding hydrogens is 144 g/mol. The Kier molecular flexibility index (Phi) is 1.18. The van der Waals surface area contributed by atoms with Gasteiger partial charge in [-0.25, -0.2) is 0 Å². The van der Waals surface area contributed by atoms with Gasteiger partial charge in [0.2, 0.25) is 0 Å². The lowest BCUT2D eigenvalue weighted by molar-refractivity contribution is -0.141. The molecule has 0 aromatic rings. The van der Waals surface area contributed by atoms with Crippen LogP contribution >= 0.6 is 0 Å². The molecule has 0 N–H and O–H groups in total. The van der Waals surface area contributed by atoms with Crippen molar-refractivity contribution in [2.24, 2.45) is 22.7 Å². The minimum atomic E-state index is 0.797. The van der Waals surface area contributed by atoms with Crippen LogP contribution in [0.1, 0.15) is 52.4 Å². The van der Waals surface area contributed by atoms with Gasteiger partial charge in [-0.2, -0.15) is 0 Å². The smallest absolute Gasteiger partial charge is 0.0259 e. The summed E-state index contributed by atoms with van der Waals surface area (Å²) < 4.78 is 0. The molecule has 0 saturated heterocycles. The molecule has 3 saturated carbocycles. The standard InChI is InChI=1S/C12H20/c1-11-7-3-5-9(11)12(2)8-4-6-10(11)12/h9-10H,3-8H2,1-2H3. The van der Waals surface area contributed by atoms with E-state index in [2.05, 4.69) is 13.8 Å². The monoisotopic (exact) mass is 164 g/mol. The van der Waals surface area contributed by atoms with E-state index in [1.165, 1.54) is 25.7 Å². The van der Waals surface area contributed by atoms with Crippen molar-refractivity contribution in [1.29, 1.82) is 0 Å². The van der Waals surface area contributed by atoms with Gasteiger partial charge in [-0.3, -0.25) is 0 Å². The SMILES string of the molecule is CC12CCCC1C1(C)CCCC21. The van der Waals surface area contributed by atoms with E-state index in [1.54, 1.807) is 12.8 Å². The summed E-state index contributed by atoms with van der Waals surface area (Å²) in [5.74, 6) is 2.22. The van der Waals surface area contributed by atoms with Crippen molar-refractivity contribution >= 4 is 0 Å². The Balaban J connectivity index is 1.99. The second-order valence-electron chi connectivity index (χ2n) is 5.90. The zero-order valence-corrected chi connectivity index (χ0v) is 8.40. The Morgan fingerprint density at radius 3 is 1.67 bits per heavy atom. The Bertz CT molecular complexity index is 184. The van der Waals surface area contributed by atoms with Crippen LogP contribution in [0.25, 0.3) is 0 Å². The third-order valence-corrected chi connectivity index (χ3v) is 5.60. The average Bonchev–Trinajstić information content (AvgIpc) is 2.53. The Morgan fingerprint density at radius 2 is 1.25 bits per heavy atom. The fraction of sp³-hybridized carbons (Fsp3) is 1.00. The van der Waals surface area contributed by atoms with Crippen molar-refractivity contribution in [3.05, 3.63) is 0 Å². The van der Waals surface area contributed by atoms with Gasteiger partial charge < -0.3 is 0 Å². The van der Waals surface area contributed by atoms with Crippen LogP contribution < -0.4 is 0 Å². The zero-order valence-electron chi connectivity index (χ0n) is 8.40. The molecule has 3 fully saturated rings. The van der Waals surface area contributed by atoms with Crippen LogP contribution in [0.3, 0.4) is 0 Å². The van der Waals surface area contributed by atoms with Crippen LogP contribution in [0.15, 0.2) is 0 Å². The van der Waals surface area contributed by atoms with E-state index >= 15 is 0 Å². The van der Waals surface area contributed by atoms with Crippen LogP contribution in [0, 0.1) is 22.7 Å². The van der Waals surface area contributed by atoms with Gasteiger partial charge in [0.1, 0.15) is 0 Å². The molecule has 0 aromatic heterocycles. The lowest BCUT2D eigenvalue weighted by atomic mass is 9.42. The highest BCUT2D eigenvalue weighted by molar-refractivity contribution is 5.16. The minimum absolute atomic E-state index is 0.797. The maximum absolute atomic E-state index is 2.57. The predicted molar refractivity (Wildman–Crippen MR) is 50.9 cm³/mol. The van der Waals surface area contributed by atoms with Gasteiger partial charge in [0, 0.05) is 0 Å². The highest BCUT2D eigenvalue weighted by atomic mass is 14.7. The topological polar surface area (TPSA) is 0 Å². The summed E-state index contributed by atoms with van der Waals surface area (Å²) >= 11 is 0. The Morgan fingerprint density at radius 1 is 0.833 bits per heavy atom. The van der Waals surface area contributed by atoms with Crippen molar-refractivity contribution < 1.29 is 0 Å². The van der Waals surface area contributed by atoms with E-state index in [9.17, 15) is 0 Å². The van der Waals surface area contributed by atoms with Gasteiger partial charge in [0.15, 0.2) is 0 Å². The van der Waals surface area contributed by atoms with Gasteiger partial charge in [-0.1, -0.05) is 26.7 Å². The number of rotatable bonds is 0. The fourth-order valence-electron chi connectivity index (χ4n) is 5.29. The first kappa shape index (κ1) is 7.41. The summed E-state index contributed by atoms with van der Waals surface area (Å²) in [7, 11) is 0. The zero-order chi connectivity index (χ0) is 8.40. The molecule has 3 aliphatic carbocycles. The summed E-state index contributed by atoms with van der Waals surface area (Å²) in [6.45, 7) is 5.14. The van der Waals surface area contributed by atoms with Crippen LogP contribution in [0.5, 0.6) is 0 Å². The molecule has 12 heavy (non-hydrogen) atoms. The predicted octanol–water partition coefficient (Wildman–Crippen LogP) is 3.61. The molecule has 68 valence electrons. The molecule has 0 atom stereocenters. The molecule has 0 heterocycles. The maximum Gasteiger partial charge on any atom is -0.0259 e. The number of hydrogen-bond acceptors (Lipinski definition) is 0. The third kappa shape index (κ3) is 0.561. The average molecular weight is 164 g/mol. The van der Waals surface area contributed by atoms with E-state index in [1.807, 2.05) is 0 Å². The van der Waals surface area contributed by atoms with Gasteiger partial charge >= 0.3 is 0 Å². The molecule has 0 nitrogen and oxygen atoms in total. The second-order valence-corrected chi connectivity index (χ2v) is 5.90. The highest BCUT2D eigenvalue weighted by Crippen LogP contribution is 2.75. The van der Waals surface area contributed by atoms with Crippen molar-refractivity contribution in [1.82, 2.24) is 0 Å². The normalized spacial score (nSPS) is 62.5. The largest absolute Gasteiger partial charge is 0.0591 e. The van der Waals surface area contributed by atoms with E-state index in [0.29, 0.717) is 0 Å². The molecule has 0 aliphatic heterocycles. The molecule has 0 unspecified atom stereocenters. The maximum atomic E-state index is 2.57. The van der Waals surface area contributed by atoms with Gasteiger partial charge in [-0.05, 0) is 48.3 Å². The Labute approximate surface area is 75.7 Å². The molecule has 3 aliphatic rings. The number of fused-ring (bicyclic) bond motifs is 4. The summed E-state index contributed by atoms with van der Waals surface area (Å²) in [5, 5.41) is 0. The third-order valence-electron chi connectivity index (χ3n) is 5.60. The summed E-state index contributed by atoms with van der Waals surface area (Å²) in [6.07, 6.45) is 9.21. The van der Waals surface area contributed by atoms with Crippen LogP contribution in [0.4, 0.5) is 0 Å². The van der Waals surface area contributed by atoms with Crippen molar-refractivity contribution in [2.75, 3.05) is 0 Å². The molecular formula is C12H20. The lowest BCUT2D eigenvalue weighted by Gasteiger charge is -2.62. The van der Waals surface area contributed by atoms with E-state index in [4.69, 9.17) is 0 Å². The van der Waals surface area contributed by atoms with Crippen molar-refractivity contribution in [2.45, 2.75) is 52.4 Å². The van der Waals surface area contributed by atoms with Gasteiger partial charge in [0.05, 0.1) is 0 Å². The van der Waals surface area contributed by atoms with Crippen molar-refractivity contribution in [3.8, 4) is 0 Å². The van der Waals surface area contributed by atoms with E-state index in [0.717, 1.165) is 22.7 Å². The number of hydrogen-bond donors (Lipinski definition) is 0. The van der Waals surface area contributed by atoms with Crippen LogP contribution in [-0.4, -0.2) is 0 Å². The summed E-state index contributed by atoms with van der Waals surface area (Å²) in [4.78, 5) is 0. The van der Waals surface area contributed by atoms with E-state index < -0.39 is 0 Å². The van der Waals surface area contributed by atoms with Crippen LogP contribution in [0.2, 0.25) is 0 Å². The first-order chi connectivity index (χ1) is 5.68. The summed E-state index contributed by atoms with van der Waals surface area (Å²) in [6, 6.07) is 0. The van der Waals surface area contributed by atoms with Gasteiger partial charge in [0.25, 0.3) is 0 Å². The first-order valence-electron chi connectivity index (χ1n) is 5.68. The minimum Gasteiger partial charge on any atom is -0.0591 e. The quantitative estimate of drug-likeness (QED) is 0.513. The first-order valence-corrected chi connectivity index (χ1v) is 5.68. The highest BCUT2D eigenvalue weighted by Gasteiger charge is 2.67. The molecule has 3 rings (SSSR count). The van der Waals surface area contributed by atoms with Crippen LogP contribution in [-0.2, 0) is 0 Å².